The molecule has 1 amide bonds. The zero-order valence-electron chi connectivity index (χ0n) is 42.1. The Kier molecular flexibility index (Phi) is 18.2. The monoisotopic (exact) mass is 1030 g/mol. The predicted octanol–water partition coefficient (Wildman–Crippen LogP) is 8.80. The van der Waals surface area contributed by atoms with Crippen molar-refractivity contribution in [2.24, 2.45) is 0 Å². The van der Waals surface area contributed by atoms with Gasteiger partial charge in [0, 0.05) is 59.7 Å². The van der Waals surface area contributed by atoms with E-state index in [-0.39, 0.29) is 34.7 Å². The molecule has 0 radical (unpaired) electrons. The molecular weight excluding hydrogens is 971 g/mol. The van der Waals surface area contributed by atoms with E-state index in [0.29, 0.717) is 51.9 Å². The molecule has 0 fully saturated rings. The number of fused-ring (bicyclic) bond motifs is 2. The lowest BCUT2D eigenvalue weighted by Gasteiger charge is -2.18. The number of amides is 1. The van der Waals surface area contributed by atoms with E-state index >= 15 is 0 Å². The van der Waals surface area contributed by atoms with Gasteiger partial charge in [-0.3, -0.25) is 23.5 Å². The molecule has 0 bridgehead atoms. The molecule has 0 unspecified atom stereocenters. The molecule has 8 aromatic rings. The number of carbonyl (C=O) groups excluding carboxylic acids is 1. The number of carboxylic acid groups (broad SMARTS) is 1. The smallest absolute Gasteiger partial charge is 0.335 e. The Morgan fingerprint density at radius 3 is 1.32 bits per heavy atom. The van der Waals surface area contributed by atoms with Gasteiger partial charge in [0.25, 0.3) is 17.0 Å². The number of aromatic carboxylic acids is 1. The van der Waals surface area contributed by atoms with Crippen LogP contribution in [0.3, 0.4) is 0 Å². The lowest BCUT2D eigenvalue weighted by Crippen LogP contribution is -2.25. The molecule has 0 aliphatic rings. The van der Waals surface area contributed by atoms with E-state index in [1.165, 1.54) is 55.6 Å². The minimum absolute atomic E-state index is 0.00605. The average molecular weight is 1030 g/mol. The Hall–Kier alpha value is -8.36. The van der Waals surface area contributed by atoms with Crippen molar-refractivity contribution in [3.8, 4) is 33.9 Å². The van der Waals surface area contributed by atoms with E-state index < -0.39 is 51.7 Å². The summed E-state index contributed by atoms with van der Waals surface area (Å²) in [5, 5.41) is 19.1. The number of rotatable bonds is 20. The third-order valence-electron chi connectivity index (χ3n) is 12.5. The molecule has 8 rings (SSSR count). The quantitative estimate of drug-likeness (QED) is 0.0419. The molecule has 0 saturated heterocycles. The van der Waals surface area contributed by atoms with Crippen LogP contribution in [0.25, 0.3) is 56.0 Å². The highest BCUT2D eigenvalue weighted by Crippen LogP contribution is 2.32. The number of halogens is 4. The third-order valence-corrected chi connectivity index (χ3v) is 12.5. The van der Waals surface area contributed by atoms with Gasteiger partial charge in [-0.15, -0.1) is 0 Å². The molecule has 4 aromatic heterocycles. The predicted molar refractivity (Wildman–Crippen MR) is 283 cm³/mol. The first-order chi connectivity index (χ1) is 36.2. The molecule has 390 valence electrons. The molecule has 0 saturated carbocycles. The SMILES string of the molecule is CCN(CC)CCCNc1nc(-c2cccc(C(=O)NC)c2)c2ccc(=O)n(-c3c(F)cccc3F)c2n1.CCN(CC)CCCNc1nc(-c2cccc(C(=O)O)c2)c2ccc(=O)n(-c3c(F)cccc3F)c2n1. The van der Waals surface area contributed by atoms with Crippen LogP contribution >= 0.6 is 0 Å². The van der Waals surface area contributed by atoms with Crippen LogP contribution in [0.2, 0.25) is 0 Å². The molecule has 0 spiro atoms. The van der Waals surface area contributed by atoms with Crippen molar-refractivity contribution in [2.75, 3.05) is 70.0 Å². The van der Waals surface area contributed by atoms with E-state index in [1.807, 2.05) is 0 Å². The van der Waals surface area contributed by atoms with Crippen LogP contribution in [-0.4, -0.2) is 115 Å². The number of para-hydroxylation sites is 2. The minimum Gasteiger partial charge on any atom is -0.478 e. The van der Waals surface area contributed by atoms with Gasteiger partial charge in [0.05, 0.1) is 17.0 Å². The summed E-state index contributed by atoms with van der Waals surface area (Å²) in [7, 11) is 1.54. The Balaban J connectivity index is 0.000000219. The number of aromatic nitrogens is 6. The maximum atomic E-state index is 14.8. The van der Waals surface area contributed by atoms with Gasteiger partial charge >= 0.3 is 5.97 Å². The molecule has 4 aromatic carbocycles. The van der Waals surface area contributed by atoms with E-state index in [0.717, 1.165) is 85.5 Å². The number of anilines is 2. The van der Waals surface area contributed by atoms with Crippen LogP contribution in [0.4, 0.5) is 29.5 Å². The highest BCUT2D eigenvalue weighted by Gasteiger charge is 2.22. The lowest BCUT2D eigenvalue weighted by atomic mass is 10.0. The topological polar surface area (TPSA) is 192 Å². The average Bonchev–Trinajstić information content (AvgIpc) is 3.41. The minimum atomic E-state index is -1.11. The van der Waals surface area contributed by atoms with Gasteiger partial charge in [0.15, 0.2) is 11.3 Å². The van der Waals surface area contributed by atoms with Crippen molar-refractivity contribution in [1.82, 2.24) is 44.2 Å². The van der Waals surface area contributed by atoms with Gasteiger partial charge in [0.1, 0.15) is 34.6 Å². The van der Waals surface area contributed by atoms with Crippen LogP contribution < -0.4 is 27.1 Å². The van der Waals surface area contributed by atoms with Crippen molar-refractivity contribution < 1.29 is 32.3 Å². The van der Waals surface area contributed by atoms with Crippen molar-refractivity contribution in [3.63, 3.8) is 0 Å². The fourth-order valence-corrected chi connectivity index (χ4v) is 8.50. The summed E-state index contributed by atoms with van der Waals surface area (Å²) in [6.45, 7) is 14.9. The normalized spacial score (nSPS) is 11.2. The number of nitrogens with one attached hydrogen (secondary N) is 3. The molecule has 75 heavy (non-hydrogen) atoms. The second kappa shape index (κ2) is 25.0. The highest BCUT2D eigenvalue weighted by atomic mass is 19.1. The molecule has 4 heterocycles. The number of carbonyl (C=O) groups is 2. The molecular formula is C55H57F4N11O5. The van der Waals surface area contributed by atoms with Gasteiger partial charge in [-0.05, 0) is 113 Å². The fraction of sp³-hybridized carbons (Fsp3) is 0.273. The summed E-state index contributed by atoms with van der Waals surface area (Å²) in [5.74, 6) is -4.66. The Bertz CT molecular complexity index is 3430. The van der Waals surface area contributed by atoms with Crippen LogP contribution in [0.1, 0.15) is 61.3 Å². The lowest BCUT2D eigenvalue weighted by molar-refractivity contribution is 0.0696. The van der Waals surface area contributed by atoms with Gasteiger partial charge in [-0.2, -0.15) is 9.97 Å². The molecule has 0 atom stereocenters. The van der Waals surface area contributed by atoms with Crippen LogP contribution in [0.15, 0.2) is 119 Å². The van der Waals surface area contributed by atoms with Crippen LogP contribution in [-0.2, 0) is 0 Å². The Labute approximate surface area is 429 Å². The van der Waals surface area contributed by atoms with Gasteiger partial charge in [-0.25, -0.2) is 32.3 Å². The van der Waals surface area contributed by atoms with Gasteiger partial charge in [0.2, 0.25) is 11.9 Å². The summed E-state index contributed by atoms with van der Waals surface area (Å²) >= 11 is 0. The first-order valence-electron chi connectivity index (χ1n) is 24.6. The first kappa shape index (κ1) is 54.4. The van der Waals surface area contributed by atoms with Crippen LogP contribution in [0.5, 0.6) is 0 Å². The molecule has 20 heteroatoms. The Morgan fingerprint density at radius 1 is 0.547 bits per heavy atom. The maximum absolute atomic E-state index is 14.8. The summed E-state index contributed by atoms with van der Waals surface area (Å²) in [6.07, 6.45) is 1.60. The summed E-state index contributed by atoms with van der Waals surface area (Å²) in [4.78, 5) is 72.6. The first-order valence-corrected chi connectivity index (χ1v) is 24.6. The number of pyridine rings is 2. The fourth-order valence-electron chi connectivity index (χ4n) is 8.50. The molecule has 16 nitrogen and oxygen atoms in total. The van der Waals surface area contributed by atoms with Crippen molar-refractivity contribution >= 4 is 45.8 Å². The molecule has 0 aliphatic heterocycles. The second-order valence-electron chi connectivity index (χ2n) is 17.1. The van der Waals surface area contributed by atoms with E-state index in [1.54, 1.807) is 36.4 Å². The zero-order chi connectivity index (χ0) is 53.8. The summed E-state index contributed by atoms with van der Waals surface area (Å²) in [6, 6.07) is 25.1. The largest absolute Gasteiger partial charge is 0.478 e. The number of benzene rings is 4. The van der Waals surface area contributed by atoms with E-state index in [9.17, 15) is 41.8 Å². The zero-order valence-corrected chi connectivity index (χ0v) is 42.1. The molecule has 4 N–H and O–H groups in total. The summed E-state index contributed by atoms with van der Waals surface area (Å²) in [5.41, 5.74) is -0.0922. The molecule has 0 aliphatic carbocycles. The van der Waals surface area contributed by atoms with Gasteiger partial charge in [-0.1, -0.05) is 64.1 Å². The standard InChI is InChI=1S/C28H30F2N6O2.C27H27F2N5O3/c1-4-35(5-2)16-8-15-32-28-33-24(18-9-6-10-19(17-18)27(38)31-3)20-13-14-23(37)36(26(20)34-28)25-21(29)11-7-12-22(25)30;1-3-33(4-2)15-7-14-30-27-31-23(17-8-5-9-18(16-17)26(36)37)19-12-13-22(35)34(25(19)32-27)24-20(28)10-6-11-21(24)29/h6-7,9-14,17H,4-5,8,15-16H2,1-3H3,(H,31,38)(H,32,33,34);5-6,8-13,16H,3-4,7,14-15H2,1-2H3,(H,36,37)(H,30,31,32). The Morgan fingerprint density at radius 2 is 0.933 bits per heavy atom. The van der Waals surface area contributed by atoms with Crippen LogP contribution in [0, 0.1) is 23.3 Å². The number of carboxylic acids is 1. The number of hydrogen-bond acceptors (Lipinski definition) is 12. The maximum Gasteiger partial charge on any atom is 0.335 e. The van der Waals surface area contributed by atoms with Crippen molar-refractivity contribution in [1.29, 1.82) is 0 Å². The summed E-state index contributed by atoms with van der Waals surface area (Å²) < 4.78 is 61.0. The highest BCUT2D eigenvalue weighted by molar-refractivity contribution is 5.98. The van der Waals surface area contributed by atoms with E-state index in [4.69, 9.17) is 4.98 Å². The second-order valence-corrected chi connectivity index (χ2v) is 17.1. The number of nitrogens with zero attached hydrogens (tertiary/aromatic N) is 8. The third kappa shape index (κ3) is 12.5. The number of hydrogen-bond donors (Lipinski definition) is 4. The van der Waals surface area contributed by atoms with Crippen molar-refractivity contribution in [2.45, 2.75) is 40.5 Å². The van der Waals surface area contributed by atoms with Crippen molar-refractivity contribution in [3.05, 3.63) is 164 Å². The van der Waals surface area contributed by atoms with Gasteiger partial charge < -0.3 is 30.9 Å². The van der Waals surface area contributed by atoms with E-state index in [2.05, 4.69) is 68.4 Å².